The summed E-state index contributed by atoms with van der Waals surface area (Å²) in [5.41, 5.74) is 0.976. The third kappa shape index (κ3) is 3.90. The second-order valence-electron chi connectivity index (χ2n) is 6.06. The molecule has 0 spiro atoms. The van der Waals surface area contributed by atoms with E-state index >= 15 is 0 Å². The van der Waals surface area contributed by atoms with Gasteiger partial charge in [0.05, 0.1) is 17.5 Å². The van der Waals surface area contributed by atoms with Crippen LogP contribution in [-0.4, -0.2) is 41.1 Å². The van der Waals surface area contributed by atoms with E-state index in [1.807, 2.05) is 0 Å². The Hall–Kier alpha value is -2.99. The number of hydrogen-bond acceptors (Lipinski definition) is 5. The number of nitrogens with zero attached hydrogens (tertiary/aromatic N) is 1. The fourth-order valence-electron chi connectivity index (χ4n) is 2.83. The predicted octanol–water partition coefficient (Wildman–Crippen LogP) is 3.14. The van der Waals surface area contributed by atoms with Gasteiger partial charge < -0.3 is 4.74 Å². The van der Waals surface area contributed by atoms with Crippen LogP contribution in [0.1, 0.15) is 44.4 Å². The molecule has 1 heterocycles. The van der Waals surface area contributed by atoms with Crippen LogP contribution in [0.5, 0.6) is 0 Å². The van der Waals surface area contributed by atoms with Crippen molar-refractivity contribution in [1.82, 2.24) is 4.90 Å². The molecular formula is C20H16ClNO5. The van der Waals surface area contributed by atoms with Gasteiger partial charge in [0.2, 0.25) is 5.78 Å². The van der Waals surface area contributed by atoms with Gasteiger partial charge in [-0.25, -0.2) is 0 Å². The number of halogens is 1. The van der Waals surface area contributed by atoms with Gasteiger partial charge in [-0.3, -0.25) is 24.1 Å². The van der Waals surface area contributed by atoms with E-state index in [0.717, 1.165) is 4.90 Å². The summed E-state index contributed by atoms with van der Waals surface area (Å²) >= 11 is 5.86. The summed E-state index contributed by atoms with van der Waals surface area (Å²) in [6.45, 7) is 1.35. The molecule has 6 nitrogen and oxygen atoms in total. The number of ketones is 1. The van der Waals surface area contributed by atoms with E-state index < -0.39 is 23.9 Å². The molecular weight excluding hydrogens is 370 g/mol. The fourth-order valence-corrected chi connectivity index (χ4v) is 3.02. The molecule has 2 amide bonds. The highest BCUT2D eigenvalue weighted by Gasteiger charge is 2.35. The number of esters is 1. The lowest BCUT2D eigenvalue weighted by Crippen LogP contribution is -2.33. The molecule has 0 aromatic heterocycles. The van der Waals surface area contributed by atoms with E-state index in [9.17, 15) is 19.2 Å². The number of fused-ring (bicyclic) bond motifs is 1. The van der Waals surface area contributed by atoms with Crippen LogP contribution in [0.3, 0.4) is 0 Å². The van der Waals surface area contributed by atoms with Crippen molar-refractivity contribution < 1.29 is 23.9 Å². The van der Waals surface area contributed by atoms with Crippen molar-refractivity contribution in [3.8, 4) is 0 Å². The highest BCUT2D eigenvalue weighted by Crippen LogP contribution is 2.22. The van der Waals surface area contributed by atoms with Gasteiger partial charge in [-0.05, 0) is 31.2 Å². The Bertz CT molecular complexity index is 904. The number of ether oxygens (including phenoxy) is 1. The minimum atomic E-state index is -1.00. The van der Waals surface area contributed by atoms with Crippen LogP contribution in [0.2, 0.25) is 5.02 Å². The Morgan fingerprint density at radius 2 is 1.67 bits per heavy atom. The maximum absolute atomic E-state index is 12.3. The number of hydrogen-bond donors (Lipinski definition) is 0. The molecule has 0 saturated carbocycles. The number of imide groups is 1. The normalized spacial score (nSPS) is 14.1. The van der Waals surface area contributed by atoms with E-state index in [1.165, 1.54) is 13.0 Å². The molecule has 1 aliphatic rings. The summed E-state index contributed by atoms with van der Waals surface area (Å²) in [6.07, 6.45) is -1.20. The number of amides is 2. The first-order valence-corrected chi connectivity index (χ1v) is 8.71. The largest absolute Gasteiger partial charge is 0.454 e. The molecule has 1 unspecified atom stereocenters. The van der Waals surface area contributed by atoms with Crippen LogP contribution in [0.4, 0.5) is 0 Å². The standard InChI is InChI=1S/C20H16ClNO5/c1-12(18(24)13-5-4-6-14(21)11-13)27-17(23)9-10-22-19(25)15-7-2-3-8-16(15)20(22)26/h2-8,11-12H,9-10H2,1H3. The summed E-state index contributed by atoms with van der Waals surface area (Å²) in [5, 5.41) is 0.407. The molecule has 0 radical (unpaired) electrons. The Morgan fingerprint density at radius 3 is 2.26 bits per heavy atom. The first-order chi connectivity index (χ1) is 12.9. The quantitative estimate of drug-likeness (QED) is 0.433. The van der Waals surface area contributed by atoms with Gasteiger partial charge in [0.15, 0.2) is 6.10 Å². The smallest absolute Gasteiger partial charge is 0.308 e. The van der Waals surface area contributed by atoms with Gasteiger partial charge in [0.25, 0.3) is 11.8 Å². The van der Waals surface area contributed by atoms with Crippen molar-refractivity contribution in [1.29, 1.82) is 0 Å². The Labute approximate surface area is 160 Å². The molecule has 7 heteroatoms. The van der Waals surface area contributed by atoms with Gasteiger partial charge in [-0.1, -0.05) is 35.9 Å². The predicted molar refractivity (Wildman–Crippen MR) is 97.8 cm³/mol. The molecule has 1 aliphatic heterocycles. The van der Waals surface area contributed by atoms with E-state index in [4.69, 9.17) is 16.3 Å². The maximum Gasteiger partial charge on any atom is 0.308 e. The molecule has 3 rings (SSSR count). The first kappa shape index (κ1) is 18.8. The first-order valence-electron chi connectivity index (χ1n) is 8.33. The lowest BCUT2D eigenvalue weighted by Gasteiger charge is -2.15. The number of carbonyl (C=O) groups excluding carboxylic acids is 4. The highest BCUT2D eigenvalue weighted by atomic mass is 35.5. The zero-order chi connectivity index (χ0) is 19.6. The zero-order valence-electron chi connectivity index (χ0n) is 14.5. The van der Waals surface area contributed by atoms with Crippen molar-refractivity contribution in [3.05, 3.63) is 70.2 Å². The van der Waals surface area contributed by atoms with Crippen molar-refractivity contribution in [3.63, 3.8) is 0 Å². The minimum Gasteiger partial charge on any atom is -0.454 e. The Balaban J connectivity index is 1.57. The number of benzene rings is 2. The Morgan fingerprint density at radius 1 is 1.04 bits per heavy atom. The second-order valence-corrected chi connectivity index (χ2v) is 6.50. The highest BCUT2D eigenvalue weighted by molar-refractivity contribution is 6.31. The van der Waals surface area contributed by atoms with Crippen molar-refractivity contribution >= 4 is 35.2 Å². The van der Waals surface area contributed by atoms with E-state index in [1.54, 1.807) is 42.5 Å². The third-order valence-corrected chi connectivity index (χ3v) is 4.44. The summed E-state index contributed by atoms with van der Waals surface area (Å²) in [5.74, 6) is -1.93. The molecule has 0 N–H and O–H groups in total. The summed E-state index contributed by atoms with van der Waals surface area (Å²) in [7, 11) is 0. The van der Waals surface area contributed by atoms with Crippen LogP contribution in [0.25, 0.3) is 0 Å². The lowest BCUT2D eigenvalue weighted by molar-refractivity contribution is -0.146. The number of carbonyl (C=O) groups is 4. The molecule has 0 fully saturated rings. The van der Waals surface area contributed by atoms with Crippen molar-refractivity contribution in [2.24, 2.45) is 0 Å². The van der Waals surface area contributed by atoms with E-state index in [0.29, 0.717) is 21.7 Å². The number of Topliss-reactive ketones (excluding diaryl/α,β-unsaturated/α-hetero) is 1. The molecule has 0 aliphatic carbocycles. The average Bonchev–Trinajstić information content (AvgIpc) is 2.90. The topological polar surface area (TPSA) is 80.8 Å². The number of rotatable bonds is 6. The molecule has 0 bridgehead atoms. The van der Waals surface area contributed by atoms with Crippen molar-refractivity contribution in [2.75, 3.05) is 6.54 Å². The van der Waals surface area contributed by atoms with Crippen LogP contribution in [0.15, 0.2) is 48.5 Å². The maximum atomic E-state index is 12.3. The van der Waals surface area contributed by atoms with E-state index in [2.05, 4.69) is 0 Å². The second kappa shape index (κ2) is 7.72. The summed E-state index contributed by atoms with van der Waals surface area (Å²) < 4.78 is 5.13. The molecule has 2 aromatic rings. The molecule has 138 valence electrons. The SMILES string of the molecule is CC(OC(=O)CCN1C(=O)c2ccccc2C1=O)C(=O)c1cccc(Cl)c1. The average molecular weight is 386 g/mol. The third-order valence-electron chi connectivity index (χ3n) is 4.20. The molecule has 27 heavy (non-hydrogen) atoms. The summed E-state index contributed by atoms with van der Waals surface area (Å²) in [6, 6.07) is 12.8. The van der Waals surface area contributed by atoms with E-state index in [-0.39, 0.29) is 18.7 Å². The molecule has 2 aromatic carbocycles. The van der Waals surface area contributed by atoms with Crippen LogP contribution in [-0.2, 0) is 9.53 Å². The van der Waals surface area contributed by atoms with Gasteiger partial charge >= 0.3 is 5.97 Å². The molecule has 0 saturated heterocycles. The lowest BCUT2D eigenvalue weighted by atomic mass is 10.1. The minimum absolute atomic E-state index is 0.108. The Kier molecular flexibility index (Phi) is 5.37. The van der Waals surface area contributed by atoms with Gasteiger partial charge in [-0.15, -0.1) is 0 Å². The summed E-state index contributed by atoms with van der Waals surface area (Å²) in [4.78, 5) is 49.9. The fraction of sp³-hybridized carbons (Fsp3) is 0.200. The van der Waals surface area contributed by atoms with Crippen LogP contribution in [0, 0.1) is 0 Å². The zero-order valence-corrected chi connectivity index (χ0v) is 15.2. The van der Waals surface area contributed by atoms with Gasteiger partial charge in [-0.2, -0.15) is 0 Å². The van der Waals surface area contributed by atoms with Gasteiger partial charge in [0, 0.05) is 17.1 Å². The molecule has 1 atom stereocenters. The van der Waals surface area contributed by atoms with Crippen molar-refractivity contribution in [2.45, 2.75) is 19.4 Å². The monoisotopic (exact) mass is 385 g/mol. The van der Waals surface area contributed by atoms with Gasteiger partial charge in [0.1, 0.15) is 0 Å². The van der Waals surface area contributed by atoms with Crippen LogP contribution >= 0.6 is 11.6 Å². The van der Waals surface area contributed by atoms with Crippen LogP contribution < -0.4 is 0 Å².